The lowest BCUT2D eigenvalue weighted by atomic mass is 10.3. The maximum atomic E-state index is 11.6. The molecule has 1 rings (SSSR count). The van der Waals surface area contributed by atoms with Crippen LogP contribution in [0.3, 0.4) is 0 Å². The van der Waals surface area contributed by atoms with Crippen molar-refractivity contribution in [1.29, 1.82) is 0 Å². The van der Waals surface area contributed by atoms with Crippen LogP contribution in [0.2, 0.25) is 0 Å². The molecule has 18 heavy (non-hydrogen) atoms. The van der Waals surface area contributed by atoms with Gasteiger partial charge in [-0.1, -0.05) is 18.3 Å². The SMILES string of the molecule is CCN[C@H](C)CNC(=O)c1csc([N+](=O)[O-])c1.Cl. The van der Waals surface area contributed by atoms with Gasteiger partial charge < -0.3 is 10.6 Å². The van der Waals surface area contributed by atoms with Gasteiger partial charge in [-0.2, -0.15) is 0 Å². The molecular formula is C10H16ClN3O3S. The average molecular weight is 294 g/mol. The van der Waals surface area contributed by atoms with Crippen LogP contribution in [0.15, 0.2) is 11.4 Å². The van der Waals surface area contributed by atoms with Crippen molar-refractivity contribution >= 4 is 34.7 Å². The summed E-state index contributed by atoms with van der Waals surface area (Å²) in [6, 6.07) is 1.47. The van der Waals surface area contributed by atoms with Crippen molar-refractivity contribution in [3.63, 3.8) is 0 Å². The number of likely N-dealkylation sites (N-methyl/N-ethyl adjacent to an activating group) is 1. The molecule has 1 atom stereocenters. The molecule has 0 radical (unpaired) electrons. The smallest absolute Gasteiger partial charge is 0.324 e. The lowest BCUT2D eigenvalue weighted by Gasteiger charge is -2.12. The standard InChI is InChI=1S/C10H15N3O3S.ClH/c1-3-11-7(2)5-12-10(14)8-4-9(13(15)16)17-6-8;/h4,6-7,11H,3,5H2,1-2H3,(H,12,14);1H/t7-;/m1./s1. The highest BCUT2D eigenvalue weighted by Crippen LogP contribution is 2.22. The highest BCUT2D eigenvalue weighted by atomic mass is 35.5. The number of amides is 1. The molecule has 1 aromatic rings. The monoisotopic (exact) mass is 293 g/mol. The molecule has 0 saturated heterocycles. The first-order valence-corrected chi connectivity index (χ1v) is 6.17. The van der Waals surface area contributed by atoms with Gasteiger partial charge in [-0.05, 0) is 13.5 Å². The van der Waals surface area contributed by atoms with Crippen LogP contribution in [0, 0.1) is 10.1 Å². The minimum Gasteiger partial charge on any atom is -0.350 e. The number of carbonyl (C=O) groups is 1. The topological polar surface area (TPSA) is 84.3 Å². The van der Waals surface area contributed by atoms with Gasteiger partial charge in [0.25, 0.3) is 5.91 Å². The van der Waals surface area contributed by atoms with E-state index in [1.165, 1.54) is 11.4 Å². The van der Waals surface area contributed by atoms with Gasteiger partial charge in [0.05, 0.1) is 10.5 Å². The Morgan fingerprint density at radius 1 is 1.61 bits per heavy atom. The van der Waals surface area contributed by atoms with E-state index in [2.05, 4.69) is 10.6 Å². The van der Waals surface area contributed by atoms with Crippen molar-refractivity contribution in [3.8, 4) is 0 Å². The summed E-state index contributed by atoms with van der Waals surface area (Å²) in [5.41, 5.74) is 0.338. The number of nitro groups is 1. The molecule has 8 heteroatoms. The Morgan fingerprint density at radius 2 is 2.28 bits per heavy atom. The molecule has 6 nitrogen and oxygen atoms in total. The van der Waals surface area contributed by atoms with Gasteiger partial charge in [0, 0.05) is 24.0 Å². The summed E-state index contributed by atoms with van der Waals surface area (Å²) in [5.74, 6) is -0.279. The van der Waals surface area contributed by atoms with E-state index in [0.29, 0.717) is 12.1 Å². The summed E-state index contributed by atoms with van der Waals surface area (Å²) in [6.07, 6.45) is 0. The number of hydrogen-bond acceptors (Lipinski definition) is 5. The fourth-order valence-electron chi connectivity index (χ4n) is 1.31. The van der Waals surface area contributed by atoms with E-state index in [-0.39, 0.29) is 29.4 Å². The van der Waals surface area contributed by atoms with Crippen LogP contribution in [0.5, 0.6) is 0 Å². The molecule has 0 saturated carbocycles. The summed E-state index contributed by atoms with van der Waals surface area (Å²) in [4.78, 5) is 21.6. The van der Waals surface area contributed by atoms with E-state index in [4.69, 9.17) is 0 Å². The van der Waals surface area contributed by atoms with Crippen LogP contribution in [0.1, 0.15) is 24.2 Å². The third-order valence-electron chi connectivity index (χ3n) is 2.15. The predicted molar refractivity (Wildman–Crippen MR) is 73.7 cm³/mol. The van der Waals surface area contributed by atoms with E-state index in [1.807, 2.05) is 13.8 Å². The lowest BCUT2D eigenvalue weighted by molar-refractivity contribution is -0.380. The maximum Gasteiger partial charge on any atom is 0.324 e. The number of thiophene rings is 1. The minimum atomic E-state index is -0.497. The number of nitrogens with one attached hydrogen (secondary N) is 2. The van der Waals surface area contributed by atoms with E-state index >= 15 is 0 Å². The third-order valence-corrected chi connectivity index (χ3v) is 3.03. The summed E-state index contributed by atoms with van der Waals surface area (Å²) >= 11 is 0.955. The molecule has 0 aliphatic rings. The van der Waals surface area contributed by atoms with Gasteiger partial charge in [0.15, 0.2) is 0 Å². The largest absolute Gasteiger partial charge is 0.350 e. The van der Waals surface area contributed by atoms with Gasteiger partial charge in [-0.3, -0.25) is 14.9 Å². The number of carbonyl (C=O) groups excluding carboxylic acids is 1. The fourth-order valence-corrected chi connectivity index (χ4v) is 2.01. The number of halogens is 1. The van der Waals surface area contributed by atoms with Crippen molar-refractivity contribution in [2.24, 2.45) is 0 Å². The Balaban J connectivity index is 0.00000289. The molecule has 2 N–H and O–H groups in total. The van der Waals surface area contributed by atoms with Gasteiger partial charge in [0.2, 0.25) is 0 Å². The maximum absolute atomic E-state index is 11.6. The zero-order valence-corrected chi connectivity index (χ0v) is 11.8. The Kier molecular flexibility index (Phi) is 7.49. The van der Waals surface area contributed by atoms with E-state index in [1.54, 1.807) is 0 Å². The molecule has 0 unspecified atom stereocenters. The second kappa shape index (κ2) is 8.02. The van der Waals surface area contributed by atoms with Crippen molar-refractivity contribution < 1.29 is 9.72 Å². The average Bonchev–Trinajstić information content (AvgIpc) is 2.75. The summed E-state index contributed by atoms with van der Waals surface area (Å²) in [6.45, 7) is 5.28. The highest BCUT2D eigenvalue weighted by Gasteiger charge is 2.15. The van der Waals surface area contributed by atoms with Crippen molar-refractivity contribution in [2.45, 2.75) is 19.9 Å². The number of nitrogens with zero attached hydrogens (tertiary/aromatic N) is 1. The summed E-state index contributed by atoms with van der Waals surface area (Å²) in [7, 11) is 0. The Bertz CT molecular complexity index is 411. The first kappa shape index (κ1) is 16.8. The van der Waals surface area contributed by atoms with Crippen LogP contribution < -0.4 is 10.6 Å². The molecule has 0 aliphatic heterocycles. The number of rotatable bonds is 6. The normalized spacial score (nSPS) is 11.4. The summed E-state index contributed by atoms with van der Waals surface area (Å²) < 4.78 is 0. The first-order valence-electron chi connectivity index (χ1n) is 5.29. The summed E-state index contributed by atoms with van der Waals surface area (Å²) in [5, 5.41) is 17.8. The van der Waals surface area contributed by atoms with Gasteiger partial charge >= 0.3 is 5.00 Å². The number of hydrogen-bond donors (Lipinski definition) is 2. The fraction of sp³-hybridized carbons (Fsp3) is 0.500. The van der Waals surface area contributed by atoms with E-state index in [9.17, 15) is 14.9 Å². The second-order valence-electron chi connectivity index (χ2n) is 3.60. The molecule has 0 spiro atoms. The van der Waals surface area contributed by atoms with Gasteiger partial charge in [0.1, 0.15) is 0 Å². The second-order valence-corrected chi connectivity index (χ2v) is 4.49. The molecule has 1 heterocycles. The Hall–Kier alpha value is -1.18. The van der Waals surface area contributed by atoms with Crippen LogP contribution in [-0.4, -0.2) is 30.0 Å². The van der Waals surface area contributed by atoms with Crippen molar-refractivity contribution in [2.75, 3.05) is 13.1 Å². The lowest BCUT2D eigenvalue weighted by Crippen LogP contribution is -2.38. The molecule has 0 aliphatic carbocycles. The molecule has 0 fully saturated rings. The molecule has 1 amide bonds. The van der Waals surface area contributed by atoms with Crippen LogP contribution in [-0.2, 0) is 0 Å². The Morgan fingerprint density at radius 3 is 2.78 bits per heavy atom. The van der Waals surface area contributed by atoms with Crippen LogP contribution >= 0.6 is 23.7 Å². The van der Waals surface area contributed by atoms with E-state index in [0.717, 1.165) is 17.9 Å². The van der Waals surface area contributed by atoms with Crippen molar-refractivity contribution in [3.05, 3.63) is 27.1 Å². The quantitative estimate of drug-likeness (QED) is 0.619. The molecule has 102 valence electrons. The minimum absolute atomic E-state index is 0. The predicted octanol–water partition coefficient (Wildman–Crippen LogP) is 1.81. The first-order chi connectivity index (χ1) is 8.04. The molecular weight excluding hydrogens is 278 g/mol. The highest BCUT2D eigenvalue weighted by molar-refractivity contribution is 7.13. The van der Waals surface area contributed by atoms with Crippen molar-refractivity contribution in [1.82, 2.24) is 10.6 Å². The van der Waals surface area contributed by atoms with E-state index < -0.39 is 4.92 Å². The third kappa shape index (κ3) is 4.99. The molecule has 0 aromatic carbocycles. The van der Waals surface area contributed by atoms with Gasteiger partial charge in [-0.15, -0.1) is 12.4 Å². The van der Waals surface area contributed by atoms with Crippen LogP contribution in [0.25, 0.3) is 0 Å². The molecule has 0 bridgehead atoms. The zero-order chi connectivity index (χ0) is 12.8. The zero-order valence-electron chi connectivity index (χ0n) is 10.1. The Labute approximate surface area is 115 Å². The molecule has 1 aromatic heterocycles. The van der Waals surface area contributed by atoms with Crippen LogP contribution in [0.4, 0.5) is 5.00 Å². The van der Waals surface area contributed by atoms with Gasteiger partial charge in [-0.25, -0.2) is 0 Å².